The highest BCUT2D eigenvalue weighted by Crippen LogP contribution is 2.27. The third-order valence-corrected chi connectivity index (χ3v) is 3.52. The van der Waals surface area contributed by atoms with Crippen molar-refractivity contribution < 1.29 is 0 Å². The first-order valence-corrected chi connectivity index (χ1v) is 6.73. The Morgan fingerprint density at radius 2 is 1.95 bits per heavy atom. The maximum Gasteiger partial charge on any atom is 0.163 e. The van der Waals surface area contributed by atoms with Crippen molar-refractivity contribution in [3.8, 4) is 11.4 Å². The number of nitrogens with zero attached hydrogens (tertiary/aromatic N) is 4. The van der Waals surface area contributed by atoms with Crippen molar-refractivity contribution >= 4 is 5.82 Å². The lowest BCUT2D eigenvalue weighted by Gasteiger charge is -2.17. The van der Waals surface area contributed by atoms with Crippen LogP contribution in [0.15, 0.2) is 24.5 Å². The lowest BCUT2D eigenvalue weighted by molar-refractivity contribution is 0.663. The number of pyridine rings is 1. The Morgan fingerprint density at radius 3 is 2.79 bits per heavy atom. The summed E-state index contributed by atoms with van der Waals surface area (Å²) < 4.78 is 0. The largest absolute Gasteiger partial charge is 0.362 e. The van der Waals surface area contributed by atoms with Crippen molar-refractivity contribution in [1.82, 2.24) is 15.0 Å². The molecule has 0 atom stereocenters. The van der Waals surface area contributed by atoms with E-state index in [-0.39, 0.29) is 0 Å². The van der Waals surface area contributed by atoms with Crippen molar-refractivity contribution in [3.05, 3.63) is 35.8 Å². The van der Waals surface area contributed by atoms with Gasteiger partial charge in [-0.25, -0.2) is 15.0 Å². The number of hydrogen-bond acceptors (Lipinski definition) is 4. The fourth-order valence-electron chi connectivity index (χ4n) is 2.53. The van der Waals surface area contributed by atoms with Gasteiger partial charge in [0, 0.05) is 32.2 Å². The Hall–Kier alpha value is -1.97. The normalized spacial score (nSPS) is 14.0. The fourth-order valence-corrected chi connectivity index (χ4v) is 2.53. The van der Waals surface area contributed by atoms with Crippen LogP contribution in [0.2, 0.25) is 0 Å². The molecule has 19 heavy (non-hydrogen) atoms. The van der Waals surface area contributed by atoms with Crippen LogP contribution in [0.1, 0.15) is 24.1 Å². The van der Waals surface area contributed by atoms with Gasteiger partial charge in [-0.1, -0.05) is 0 Å². The molecule has 4 heteroatoms. The van der Waals surface area contributed by atoms with E-state index in [1.54, 1.807) is 6.20 Å². The summed E-state index contributed by atoms with van der Waals surface area (Å²) in [5, 5.41) is 0. The van der Waals surface area contributed by atoms with E-state index in [0.717, 1.165) is 30.0 Å². The molecule has 0 radical (unpaired) electrons. The standard InChI is InChI=1S/C15H18N4/c1-19(2)15-12(7-5-9-16-15)14-17-10-11-6-3-4-8-13(11)18-14/h5,7,9-10H,3-4,6,8H2,1-2H3. The van der Waals surface area contributed by atoms with Gasteiger partial charge in [-0.05, 0) is 43.4 Å². The molecule has 4 nitrogen and oxygen atoms in total. The molecule has 0 bridgehead atoms. The van der Waals surface area contributed by atoms with Crippen LogP contribution in [0.5, 0.6) is 0 Å². The van der Waals surface area contributed by atoms with Crippen LogP contribution in [-0.4, -0.2) is 29.0 Å². The molecule has 0 saturated heterocycles. The topological polar surface area (TPSA) is 41.9 Å². The summed E-state index contributed by atoms with van der Waals surface area (Å²) in [5.74, 6) is 1.70. The van der Waals surface area contributed by atoms with Crippen LogP contribution in [0, 0.1) is 0 Å². The molecule has 0 aromatic carbocycles. The van der Waals surface area contributed by atoms with E-state index in [4.69, 9.17) is 4.98 Å². The van der Waals surface area contributed by atoms with Gasteiger partial charge in [0.25, 0.3) is 0 Å². The van der Waals surface area contributed by atoms with E-state index in [0.29, 0.717) is 0 Å². The smallest absolute Gasteiger partial charge is 0.163 e. The Labute approximate surface area is 113 Å². The van der Waals surface area contributed by atoms with Gasteiger partial charge in [-0.3, -0.25) is 0 Å². The number of hydrogen-bond donors (Lipinski definition) is 0. The Balaban J connectivity index is 2.07. The molecule has 0 N–H and O–H groups in total. The van der Waals surface area contributed by atoms with Crippen molar-refractivity contribution in [3.63, 3.8) is 0 Å². The van der Waals surface area contributed by atoms with E-state index < -0.39 is 0 Å². The SMILES string of the molecule is CN(C)c1ncccc1-c1ncc2c(n1)CCCC2. The predicted molar refractivity (Wildman–Crippen MR) is 76.2 cm³/mol. The number of rotatable bonds is 2. The predicted octanol–water partition coefficient (Wildman–Crippen LogP) is 2.48. The number of anilines is 1. The van der Waals surface area contributed by atoms with Crippen LogP contribution in [0.3, 0.4) is 0 Å². The Bertz CT molecular complexity index is 592. The Morgan fingerprint density at radius 1 is 1.11 bits per heavy atom. The van der Waals surface area contributed by atoms with Crippen LogP contribution in [0.4, 0.5) is 5.82 Å². The van der Waals surface area contributed by atoms with Crippen molar-refractivity contribution in [2.24, 2.45) is 0 Å². The highest BCUT2D eigenvalue weighted by molar-refractivity contribution is 5.70. The minimum absolute atomic E-state index is 0.789. The molecule has 0 saturated carbocycles. The molecule has 0 fully saturated rings. The van der Waals surface area contributed by atoms with Gasteiger partial charge in [0.2, 0.25) is 0 Å². The van der Waals surface area contributed by atoms with Gasteiger partial charge in [-0.2, -0.15) is 0 Å². The maximum atomic E-state index is 4.75. The second-order valence-corrected chi connectivity index (χ2v) is 5.14. The highest BCUT2D eigenvalue weighted by Gasteiger charge is 2.15. The van der Waals surface area contributed by atoms with Crippen LogP contribution in [-0.2, 0) is 12.8 Å². The molecular formula is C15H18N4. The van der Waals surface area contributed by atoms with E-state index in [2.05, 4.69) is 9.97 Å². The summed E-state index contributed by atoms with van der Waals surface area (Å²) in [6.07, 6.45) is 8.47. The molecule has 0 aliphatic heterocycles. The third-order valence-electron chi connectivity index (χ3n) is 3.52. The number of aryl methyl sites for hydroxylation is 2. The number of fused-ring (bicyclic) bond motifs is 1. The van der Waals surface area contributed by atoms with E-state index in [9.17, 15) is 0 Å². The molecule has 1 aliphatic rings. The fraction of sp³-hybridized carbons (Fsp3) is 0.400. The minimum Gasteiger partial charge on any atom is -0.362 e. The second kappa shape index (κ2) is 4.96. The third kappa shape index (κ3) is 2.30. The van der Waals surface area contributed by atoms with Gasteiger partial charge in [-0.15, -0.1) is 0 Å². The average molecular weight is 254 g/mol. The minimum atomic E-state index is 0.789. The summed E-state index contributed by atoms with van der Waals surface area (Å²) in [7, 11) is 3.98. The molecule has 0 spiro atoms. The lowest BCUT2D eigenvalue weighted by atomic mass is 9.97. The average Bonchev–Trinajstić information content (AvgIpc) is 2.46. The molecule has 2 aromatic heterocycles. The first-order valence-electron chi connectivity index (χ1n) is 6.73. The van der Waals surface area contributed by atoms with Gasteiger partial charge >= 0.3 is 0 Å². The van der Waals surface area contributed by atoms with E-state index >= 15 is 0 Å². The van der Waals surface area contributed by atoms with Crippen LogP contribution in [0.25, 0.3) is 11.4 Å². The molecule has 3 rings (SSSR count). The first-order chi connectivity index (χ1) is 9.25. The number of aromatic nitrogens is 3. The van der Waals surface area contributed by atoms with Gasteiger partial charge in [0.1, 0.15) is 5.82 Å². The van der Waals surface area contributed by atoms with E-state index in [1.807, 2.05) is 37.3 Å². The molecular weight excluding hydrogens is 236 g/mol. The summed E-state index contributed by atoms with van der Waals surface area (Å²) in [5.41, 5.74) is 3.52. The maximum absolute atomic E-state index is 4.75. The zero-order chi connectivity index (χ0) is 13.2. The summed E-state index contributed by atoms with van der Waals surface area (Å²) in [6, 6.07) is 3.97. The quantitative estimate of drug-likeness (QED) is 0.825. The van der Waals surface area contributed by atoms with Crippen LogP contribution < -0.4 is 4.90 Å². The zero-order valence-electron chi connectivity index (χ0n) is 11.4. The molecule has 1 aliphatic carbocycles. The molecule has 2 heterocycles. The second-order valence-electron chi connectivity index (χ2n) is 5.14. The van der Waals surface area contributed by atoms with Gasteiger partial charge in [0.05, 0.1) is 5.56 Å². The summed E-state index contributed by atoms with van der Waals surface area (Å²) in [6.45, 7) is 0. The van der Waals surface area contributed by atoms with E-state index in [1.165, 1.54) is 24.1 Å². The summed E-state index contributed by atoms with van der Waals surface area (Å²) >= 11 is 0. The van der Waals surface area contributed by atoms with Crippen molar-refractivity contribution in [2.75, 3.05) is 19.0 Å². The zero-order valence-corrected chi connectivity index (χ0v) is 11.4. The van der Waals surface area contributed by atoms with Gasteiger partial charge < -0.3 is 4.90 Å². The molecule has 98 valence electrons. The molecule has 2 aromatic rings. The lowest BCUT2D eigenvalue weighted by Crippen LogP contribution is -2.13. The Kier molecular flexibility index (Phi) is 3.15. The summed E-state index contributed by atoms with van der Waals surface area (Å²) in [4.78, 5) is 15.7. The monoisotopic (exact) mass is 254 g/mol. The van der Waals surface area contributed by atoms with Crippen LogP contribution >= 0.6 is 0 Å². The van der Waals surface area contributed by atoms with Crippen molar-refractivity contribution in [2.45, 2.75) is 25.7 Å². The molecule has 0 amide bonds. The molecule has 0 unspecified atom stereocenters. The highest BCUT2D eigenvalue weighted by atomic mass is 15.1. The first kappa shape index (κ1) is 12.1. The van der Waals surface area contributed by atoms with Gasteiger partial charge in [0.15, 0.2) is 5.82 Å². The van der Waals surface area contributed by atoms with Crippen molar-refractivity contribution in [1.29, 1.82) is 0 Å².